The molecular weight excluding hydrogens is 328 g/mol. The van der Waals surface area contributed by atoms with Gasteiger partial charge in [0.2, 0.25) is 0 Å². The molecule has 0 aliphatic rings. The summed E-state index contributed by atoms with van der Waals surface area (Å²) >= 11 is 9.59. The molecule has 0 fully saturated rings. The van der Waals surface area contributed by atoms with Gasteiger partial charge in [-0.25, -0.2) is 0 Å². The van der Waals surface area contributed by atoms with Gasteiger partial charge in [0.15, 0.2) is 0 Å². The molecule has 0 aliphatic heterocycles. The van der Waals surface area contributed by atoms with Crippen LogP contribution in [0.2, 0.25) is 5.02 Å². The average molecular weight is 344 g/mol. The first kappa shape index (κ1) is 14.5. The fourth-order valence-corrected chi connectivity index (χ4v) is 2.79. The lowest BCUT2D eigenvalue weighted by Gasteiger charge is -2.17. The summed E-state index contributed by atoms with van der Waals surface area (Å²) in [7, 11) is 1.93. The first-order valence-electron chi connectivity index (χ1n) is 5.92. The van der Waals surface area contributed by atoms with Crippen molar-refractivity contribution in [2.75, 3.05) is 0 Å². The van der Waals surface area contributed by atoms with Gasteiger partial charge in [0.25, 0.3) is 0 Å². The summed E-state index contributed by atoms with van der Waals surface area (Å²) in [5, 5.41) is 5.09. The monoisotopic (exact) mass is 342 g/mol. The highest BCUT2D eigenvalue weighted by Crippen LogP contribution is 2.26. The van der Waals surface area contributed by atoms with Crippen molar-refractivity contribution >= 4 is 27.5 Å². The van der Waals surface area contributed by atoms with E-state index in [1.807, 2.05) is 42.9 Å². The van der Waals surface area contributed by atoms with Crippen LogP contribution in [0.25, 0.3) is 0 Å². The van der Waals surface area contributed by atoms with E-state index >= 15 is 0 Å². The summed E-state index contributed by atoms with van der Waals surface area (Å²) in [5.41, 5.74) is 5.96. The zero-order chi connectivity index (χ0) is 14.0. The molecule has 1 heterocycles. The van der Waals surface area contributed by atoms with Gasteiger partial charge < -0.3 is 0 Å². The van der Waals surface area contributed by atoms with Gasteiger partial charge in [-0.3, -0.25) is 16.0 Å². The van der Waals surface area contributed by atoms with Gasteiger partial charge in [-0.05, 0) is 40.5 Å². The summed E-state index contributed by atoms with van der Waals surface area (Å²) in [5.74, 6) is 5.67. The largest absolute Gasteiger partial charge is 0.271 e. The highest BCUT2D eigenvalue weighted by atomic mass is 79.9. The number of rotatable bonds is 4. The second kappa shape index (κ2) is 6.05. The SMILES string of the molecule is Cc1nn(C)c(CC(NN)c2cccc(Cl)c2)c1Br. The molecule has 1 aromatic heterocycles. The van der Waals surface area contributed by atoms with Gasteiger partial charge in [0, 0.05) is 18.5 Å². The Labute approximate surface area is 126 Å². The van der Waals surface area contributed by atoms with Crippen LogP contribution in [0.5, 0.6) is 0 Å². The second-order valence-electron chi connectivity index (χ2n) is 4.45. The van der Waals surface area contributed by atoms with Crippen molar-refractivity contribution in [3.8, 4) is 0 Å². The molecule has 1 atom stereocenters. The molecule has 2 rings (SSSR count). The number of hydrazine groups is 1. The average Bonchev–Trinajstić information content (AvgIpc) is 2.61. The Kier molecular flexibility index (Phi) is 4.62. The molecule has 2 aromatic rings. The summed E-state index contributed by atoms with van der Waals surface area (Å²) in [4.78, 5) is 0. The summed E-state index contributed by atoms with van der Waals surface area (Å²) in [6.45, 7) is 1.97. The summed E-state index contributed by atoms with van der Waals surface area (Å²) < 4.78 is 2.89. The molecule has 0 amide bonds. The lowest BCUT2D eigenvalue weighted by molar-refractivity contribution is 0.529. The molecule has 0 aliphatic carbocycles. The molecule has 0 bridgehead atoms. The molecule has 0 saturated carbocycles. The number of hydrogen-bond donors (Lipinski definition) is 2. The minimum Gasteiger partial charge on any atom is -0.271 e. The van der Waals surface area contributed by atoms with E-state index in [2.05, 4.69) is 26.5 Å². The van der Waals surface area contributed by atoms with Crippen molar-refractivity contribution in [2.45, 2.75) is 19.4 Å². The van der Waals surface area contributed by atoms with Crippen molar-refractivity contribution in [2.24, 2.45) is 12.9 Å². The number of aromatic nitrogens is 2. The van der Waals surface area contributed by atoms with Gasteiger partial charge in [-0.2, -0.15) is 5.10 Å². The van der Waals surface area contributed by atoms with Crippen LogP contribution >= 0.6 is 27.5 Å². The standard InChI is InChI=1S/C13H16BrClN4/c1-8-13(14)12(19(2)18-8)7-11(17-16)9-4-3-5-10(15)6-9/h3-6,11,17H,7,16H2,1-2H3. The number of nitrogens with zero attached hydrogens (tertiary/aromatic N) is 2. The van der Waals surface area contributed by atoms with Crippen LogP contribution in [0.1, 0.15) is 23.0 Å². The molecule has 1 unspecified atom stereocenters. The summed E-state index contributed by atoms with van der Waals surface area (Å²) in [6.07, 6.45) is 0.731. The molecular formula is C13H16BrClN4. The van der Waals surface area contributed by atoms with E-state index in [0.717, 1.165) is 27.8 Å². The van der Waals surface area contributed by atoms with Gasteiger partial charge >= 0.3 is 0 Å². The Hall–Kier alpha value is -0.880. The van der Waals surface area contributed by atoms with Crippen molar-refractivity contribution < 1.29 is 0 Å². The minimum atomic E-state index is -0.00944. The maximum atomic E-state index is 6.02. The lowest BCUT2D eigenvalue weighted by atomic mass is 10.0. The Balaban J connectivity index is 2.29. The fraction of sp³-hybridized carbons (Fsp3) is 0.308. The molecule has 19 heavy (non-hydrogen) atoms. The normalized spacial score (nSPS) is 12.7. The topological polar surface area (TPSA) is 55.9 Å². The smallest absolute Gasteiger partial charge is 0.0738 e. The third-order valence-corrected chi connectivity index (χ3v) is 4.38. The van der Waals surface area contributed by atoms with Crippen LogP contribution in [0.15, 0.2) is 28.7 Å². The first-order valence-corrected chi connectivity index (χ1v) is 7.09. The van der Waals surface area contributed by atoms with E-state index in [1.165, 1.54) is 0 Å². The van der Waals surface area contributed by atoms with Crippen molar-refractivity contribution in [1.82, 2.24) is 15.2 Å². The van der Waals surface area contributed by atoms with Crippen LogP contribution < -0.4 is 11.3 Å². The minimum absolute atomic E-state index is 0.00944. The van der Waals surface area contributed by atoms with Crippen LogP contribution in [-0.2, 0) is 13.5 Å². The van der Waals surface area contributed by atoms with Gasteiger partial charge in [-0.15, -0.1) is 0 Å². The molecule has 1 aromatic carbocycles. The zero-order valence-electron chi connectivity index (χ0n) is 10.8. The Morgan fingerprint density at radius 2 is 2.26 bits per heavy atom. The molecule has 0 radical (unpaired) electrons. The summed E-state index contributed by atoms with van der Waals surface area (Å²) in [6, 6.07) is 7.69. The van der Waals surface area contributed by atoms with Crippen molar-refractivity contribution in [3.63, 3.8) is 0 Å². The van der Waals surface area contributed by atoms with Gasteiger partial charge in [0.05, 0.1) is 21.9 Å². The third kappa shape index (κ3) is 3.17. The number of aryl methyl sites for hydroxylation is 2. The first-order chi connectivity index (χ1) is 9.02. The predicted molar refractivity (Wildman–Crippen MR) is 80.9 cm³/mol. The number of benzene rings is 1. The van der Waals surface area contributed by atoms with Gasteiger partial charge in [-0.1, -0.05) is 23.7 Å². The highest BCUT2D eigenvalue weighted by molar-refractivity contribution is 9.10. The van der Waals surface area contributed by atoms with E-state index in [0.29, 0.717) is 5.02 Å². The van der Waals surface area contributed by atoms with E-state index in [4.69, 9.17) is 17.4 Å². The third-order valence-electron chi connectivity index (χ3n) is 3.11. The number of nitrogens with one attached hydrogen (secondary N) is 1. The maximum Gasteiger partial charge on any atom is 0.0738 e. The quantitative estimate of drug-likeness (QED) is 0.663. The van der Waals surface area contributed by atoms with E-state index in [9.17, 15) is 0 Å². The fourth-order valence-electron chi connectivity index (χ4n) is 2.09. The predicted octanol–water partition coefficient (Wildman–Crippen LogP) is 2.89. The van der Waals surface area contributed by atoms with Gasteiger partial charge in [0.1, 0.15) is 0 Å². The number of hydrogen-bond acceptors (Lipinski definition) is 3. The van der Waals surface area contributed by atoms with E-state index < -0.39 is 0 Å². The van der Waals surface area contributed by atoms with E-state index in [1.54, 1.807) is 0 Å². The van der Waals surface area contributed by atoms with Crippen LogP contribution in [0.4, 0.5) is 0 Å². The second-order valence-corrected chi connectivity index (χ2v) is 5.68. The highest BCUT2D eigenvalue weighted by Gasteiger charge is 2.17. The Morgan fingerprint density at radius 1 is 1.53 bits per heavy atom. The molecule has 6 heteroatoms. The molecule has 0 spiro atoms. The van der Waals surface area contributed by atoms with Crippen LogP contribution in [-0.4, -0.2) is 9.78 Å². The Bertz CT molecular complexity index is 582. The van der Waals surface area contributed by atoms with Crippen molar-refractivity contribution in [3.05, 3.63) is 50.7 Å². The molecule has 4 nitrogen and oxygen atoms in total. The van der Waals surface area contributed by atoms with Crippen molar-refractivity contribution in [1.29, 1.82) is 0 Å². The van der Waals surface area contributed by atoms with Crippen LogP contribution in [0, 0.1) is 6.92 Å². The maximum absolute atomic E-state index is 6.02. The molecule has 102 valence electrons. The zero-order valence-corrected chi connectivity index (χ0v) is 13.2. The molecule has 0 saturated heterocycles. The molecule has 3 N–H and O–H groups in total. The lowest BCUT2D eigenvalue weighted by Crippen LogP contribution is -2.30. The van der Waals surface area contributed by atoms with E-state index in [-0.39, 0.29) is 6.04 Å². The van der Waals surface area contributed by atoms with Crippen LogP contribution in [0.3, 0.4) is 0 Å². The Morgan fingerprint density at radius 3 is 2.79 bits per heavy atom. The number of halogens is 2. The number of nitrogens with two attached hydrogens (primary N) is 1.